The van der Waals surface area contributed by atoms with Crippen molar-refractivity contribution in [2.75, 3.05) is 6.54 Å². The van der Waals surface area contributed by atoms with E-state index >= 15 is 0 Å². The van der Waals surface area contributed by atoms with Crippen LogP contribution in [0.3, 0.4) is 0 Å². The molecule has 3 rings (SSSR count). The Labute approximate surface area is 230 Å². The van der Waals surface area contributed by atoms with E-state index in [2.05, 4.69) is 10.6 Å². The molecule has 0 heterocycles. The molecule has 0 fully saturated rings. The number of hydrogen-bond acceptors (Lipinski definition) is 5. The summed E-state index contributed by atoms with van der Waals surface area (Å²) in [6.45, 7) is 7.37. The van der Waals surface area contributed by atoms with Gasteiger partial charge in [0, 0.05) is 25.1 Å². The molecular formula is C31H37N3O5. The maximum Gasteiger partial charge on any atom is 0.408 e. The third kappa shape index (κ3) is 8.60. The molecule has 39 heavy (non-hydrogen) atoms. The molecule has 2 unspecified atom stereocenters. The van der Waals surface area contributed by atoms with Gasteiger partial charge in [-0.3, -0.25) is 9.59 Å². The number of amides is 3. The Kier molecular flexibility index (Phi) is 10.1. The molecule has 3 aromatic rings. The monoisotopic (exact) mass is 531 g/mol. The smallest absolute Gasteiger partial charge is 0.408 e. The molecule has 3 N–H and O–H groups in total. The van der Waals surface area contributed by atoms with Crippen molar-refractivity contribution in [1.82, 2.24) is 15.5 Å². The number of hydrogen-bond donors (Lipinski definition) is 3. The number of carbonyl (C=O) groups is 3. The van der Waals surface area contributed by atoms with Crippen molar-refractivity contribution in [3.8, 4) is 5.75 Å². The number of nitrogens with zero attached hydrogens (tertiary/aromatic N) is 1. The van der Waals surface area contributed by atoms with Crippen LogP contribution in [0.5, 0.6) is 5.75 Å². The summed E-state index contributed by atoms with van der Waals surface area (Å²) >= 11 is 0. The lowest BCUT2D eigenvalue weighted by molar-refractivity contribution is -0.142. The number of phenols is 1. The summed E-state index contributed by atoms with van der Waals surface area (Å²) in [6.07, 6.45) is -0.547. The summed E-state index contributed by atoms with van der Waals surface area (Å²) in [5.74, 6) is -1.04. The molecule has 8 heteroatoms. The van der Waals surface area contributed by atoms with Gasteiger partial charge in [-0.15, -0.1) is 0 Å². The first kappa shape index (κ1) is 29.2. The second kappa shape index (κ2) is 13.5. The van der Waals surface area contributed by atoms with Crippen LogP contribution in [0, 0.1) is 0 Å². The molecule has 0 radical (unpaired) electrons. The fourth-order valence-electron chi connectivity index (χ4n) is 4.22. The summed E-state index contributed by atoms with van der Waals surface area (Å²) in [5, 5.41) is 16.3. The Hall–Kier alpha value is -4.33. The predicted molar refractivity (Wildman–Crippen MR) is 150 cm³/mol. The zero-order valence-corrected chi connectivity index (χ0v) is 22.9. The Morgan fingerprint density at radius 1 is 0.872 bits per heavy atom. The lowest BCUT2D eigenvalue weighted by Crippen LogP contribution is -2.53. The van der Waals surface area contributed by atoms with Crippen molar-refractivity contribution >= 4 is 17.9 Å². The number of alkyl carbamates (subject to hydrolysis) is 1. The van der Waals surface area contributed by atoms with Crippen LogP contribution in [-0.2, 0) is 27.3 Å². The predicted octanol–water partition coefficient (Wildman–Crippen LogP) is 4.73. The van der Waals surface area contributed by atoms with E-state index in [9.17, 15) is 19.5 Å². The molecule has 0 aliphatic rings. The van der Waals surface area contributed by atoms with Crippen LogP contribution >= 0.6 is 0 Å². The van der Waals surface area contributed by atoms with Crippen LogP contribution in [0.2, 0.25) is 0 Å². The Bertz CT molecular complexity index is 1240. The number of aromatic hydroxyl groups is 1. The van der Waals surface area contributed by atoms with Gasteiger partial charge in [0.1, 0.15) is 23.4 Å². The van der Waals surface area contributed by atoms with Crippen LogP contribution in [0.25, 0.3) is 0 Å². The van der Waals surface area contributed by atoms with E-state index in [1.165, 1.54) is 11.0 Å². The van der Waals surface area contributed by atoms with Gasteiger partial charge in [0.2, 0.25) is 11.8 Å². The van der Waals surface area contributed by atoms with E-state index in [0.29, 0.717) is 0 Å². The average molecular weight is 532 g/mol. The standard InChI is InChI=1S/C31H37N3O5/c1-5-34(29(37)25(20-22-14-8-6-9-15-22)33-30(38)39-31(2,3)4)27(24-18-12-13-19-26(24)35)28(36)32-21-23-16-10-7-11-17-23/h6-19,25,27,35H,5,20-21H2,1-4H3,(H,32,36)(H,33,38). The van der Waals surface area contributed by atoms with Crippen LogP contribution in [0.4, 0.5) is 4.79 Å². The Morgan fingerprint density at radius 3 is 2.00 bits per heavy atom. The van der Waals surface area contributed by atoms with Gasteiger partial charge in [0.05, 0.1) is 0 Å². The van der Waals surface area contributed by atoms with E-state index < -0.39 is 35.6 Å². The number of ether oxygens (including phenoxy) is 1. The zero-order valence-electron chi connectivity index (χ0n) is 22.9. The molecule has 0 saturated heterocycles. The second-order valence-electron chi connectivity index (χ2n) is 10.2. The lowest BCUT2D eigenvalue weighted by Gasteiger charge is -2.34. The summed E-state index contributed by atoms with van der Waals surface area (Å²) in [6, 6.07) is 23.0. The van der Waals surface area contributed by atoms with Gasteiger partial charge in [-0.25, -0.2) is 4.79 Å². The van der Waals surface area contributed by atoms with E-state index in [0.717, 1.165) is 11.1 Å². The maximum atomic E-state index is 14.1. The molecule has 0 saturated carbocycles. The van der Waals surface area contributed by atoms with E-state index in [-0.39, 0.29) is 30.8 Å². The molecule has 2 atom stereocenters. The second-order valence-corrected chi connectivity index (χ2v) is 10.2. The van der Waals surface area contributed by atoms with Crippen molar-refractivity contribution in [3.05, 3.63) is 102 Å². The molecule has 3 amide bonds. The fourth-order valence-corrected chi connectivity index (χ4v) is 4.22. The molecule has 0 aliphatic carbocycles. The number of para-hydroxylation sites is 1. The zero-order chi connectivity index (χ0) is 28.4. The molecule has 206 valence electrons. The van der Waals surface area contributed by atoms with Gasteiger partial charge in [-0.2, -0.15) is 0 Å². The van der Waals surface area contributed by atoms with Crippen LogP contribution < -0.4 is 10.6 Å². The van der Waals surface area contributed by atoms with Gasteiger partial charge in [0.15, 0.2) is 0 Å². The number of benzene rings is 3. The van der Waals surface area contributed by atoms with Crippen LogP contribution in [-0.4, -0.2) is 46.1 Å². The summed E-state index contributed by atoms with van der Waals surface area (Å²) < 4.78 is 5.43. The first-order chi connectivity index (χ1) is 18.6. The summed E-state index contributed by atoms with van der Waals surface area (Å²) in [4.78, 5) is 41.8. The van der Waals surface area contributed by atoms with E-state index in [1.54, 1.807) is 45.9 Å². The van der Waals surface area contributed by atoms with Crippen molar-refractivity contribution in [2.45, 2.75) is 58.3 Å². The summed E-state index contributed by atoms with van der Waals surface area (Å²) in [7, 11) is 0. The molecule has 3 aromatic carbocycles. The SMILES string of the molecule is CCN(C(=O)C(Cc1ccccc1)NC(=O)OC(C)(C)C)C(C(=O)NCc1ccccc1)c1ccccc1O. The van der Waals surface area contributed by atoms with Crippen molar-refractivity contribution in [3.63, 3.8) is 0 Å². The number of rotatable bonds is 10. The number of phenolic OH excluding ortho intramolecular Hbond substituents is 1. The van der Waals surface area contributed by atoms with Crippen molar-refractivity contribution in [2.24, 2.45) is 0 Å². The van der Waals surface area contributed by atoms with Crippen LogP contribution in [0.1, 0.15) is 50.4 Å². The minimum Gasteiger partial charge on any atom is -0.508 e. The number of likely N-dealkylation sites (N-methyl/N-ethyl adjacent to an activating group) is 1. The average Bonchev–Trinajstić information content (AvgIpc) is 2.90. The molecule has 0 spiro atoms. The number of nitrogens with one attached hydrogen (secondary N) is 2. The first-order valence-electron chi connectivity index (χ1n) is 13.0. The lowest BCUT2D eigenvalue weighted by atomic mass is 9.99. The third-order valence-corrected chi connectivity index (χ3v) is 6.00. The highest BCUT2D eigenvalue weighted by Gasteiger charge is 2.36. The topological polar surface area (TPSA) is 108 Å². The highest BCUT2D eigenvalue weighted by atomic mass is 16.6. The third-order valence-electron chi connectivity index (χ3n) is 6.00. The normalized spacial score (nSPS) is 12.6. The molecule has 0 aromatic heterocycles. The van der Waals surface area contributed by atoms with Gasteiger partial charge in [-0.1, -0.05) is 78.9 Å². The molecular weight excluding hydrogens is 494 g/mol. The van der Waals surface area contributed by atoms with E-state index in [4.69, 9.17) is 4.74 Å². The molecule has 0 aliphatic heterocycles. The first-order valence-corrected chi connectivity index (χ1v) is 13.0. The highest BCUT2D eigenvalue weighted by molar-refractivity contribution is 5.92. The minimum atomic E-state index is -1.13. The quantitative estimate of drug-likeness (QED) is 0.350. The van der Waals surface area contributed by atoms with Crippen LogP contribution in [0.15, 0.2) is 84.9 Å². The fraction of sp³-hybridized carbons (Fsp3) is 0.323. The van der Waals surface area contributed by atoms with Crippen molar-refractivity contribution in [1.29, 1.82) is 0 Å². The van der Waals surface area contributed by atoms with Crippen molar-refractivity contribution < 1.29 is 24.2 Å². The Morgan fingerprint density at radius 2 is 1.44 bits per heavy atom. The molecule has 8 nitrogen and oxygen atoms in total. The number of carbonyl (C=O) groups excluding carboxylic acids is 3. The molecule has 0 bridgehead atoms. The Balaban J connectivity index is 1.95. The van der Waals surface area contributed by atoms with Gasteiger partial charge < -0.3 is 25.4 Å². The highest BCUT2D eigenvalue weighted by Crippen LogP contribution is 2.30. The largest absolute Gasteiger partial charge is 0.508 e. The summed E-state index contributed by atoms with van der Waals surface area (Å²) in [5.41, 5.74) is 1.25. The van der Waals surface area contributed by atoms with Gasteiger partial charge in [0.25, 0.3) is 0 Å². The maximum absolute atomic E-state index is 14.1. The van der Waals surface area contributed by atoms with Gasteiger partial charge >= 0.3 is 6.09 Å². The van der Waals surface area contributed by atoms with Gasteiger partial charge in [-0.05, 0) is 44.9 Å². The minimum absolute atomic E-state index is 0.108. The van der Waals surface area contributed by atoms with E-state index in [1.807, 2.05) is 60.7 Å².